The molecular formula is C15H18N2O2S. The molecule has 0 radical (unpaired) electrons. The average Bonchev–Trinajstić information content (AvgIpc) is 2.46. The SMILES string of the molecule is COCCOc1ccccc1-c1n[nH]c(=S)c(C)c1C. The predicted octanol–water partition coefficient (Wildman–Crippen LogP) is 3.45. The first-order chi connectivity index (χ1) is 9.65. The van der Waals surface area contributed by atoms with Gasteiger partial charge in [-0.25, -0.2) is 0 Å². The Morgan fingerprint density at radius 1 is 1.15 bits per heavy atom. The van der Waals surface area contributed by atoms with Crippen LogP contribution < -0.4 is 4.74 Å². The number of para-hydroxylation sites is 1. The summed E-state index contributed by atoms with van der Waals surface area (Å²) in [6.45, 7) is 5.08. The molecule has 4 nitrogen and oxygen atoms in total. The number of aromatic amines is 1. The molecule has 0 unspecified atom stereocenters. The van der Waals surface area contributed by atoms with Crippen molar-refractivity contribution >= 4 is 12.2 Å². The molecular weight excluding hydrogens is 272 g/mol. The van der Waals surface area contributed by atoms with E-state index in [4.69, 9.17) is 21.7 Å². The van der Waals surface area contributed by atoms with Crippen LogP contribution in [0, 0.1) is 18.5 Å². The lowest BCUT2D eigenvalue weighted by atomic mass is 10.0. The zero-order valence-corrected chi connectivity index (χ0v) is 12.7. The number of nitrogens with zero attached hydrogens (tertiary/aromatic N) is 1. The first kappa shape index (κ1) is 14.7. The Balaban J connectivity index is 2.42. The minimum Gasteiger partial charge on any atom is -0.490 e. The molecule has 0 fully saturated rings. The fraction of sp³-hybridized carbons (Fsp3) is 0.333. The molecule has 2 aromatic rings. The van der Waals surface area contributed by atoms with Crippen LogP contribution in [0.15, 0.2) is 24.3 Å². The quantitative estimate of drug-likeness (QED) is 0.677. The number of aromatic nitrogens is 2. The second-order valence-corrected chi connectivity index (χ2v) is 4.90. The summed E-state index contributed by atoms with van der Waals surface area (Å²) < 4.78 is 11.4. The molecule has 0 saturated carbocycles. The van der Waals surface area contributed by atoms with Crippen molar-refractivity contribution in [2.45, 2.75) is 13.8 Å². The maximum absolute atomic E-state index is 5.75. The lowest BCUT2D eigenvalue weighted by molar-refractivity contribution is 0.146. The number of hydrogen-bond donors (Lipinski definition) is 1. The van der Waals surface area contributed by atoms with Crippen LogP contribution in [-0.4, -0.2) is 30.5 Å². The maximum atomic E-state index is 5.75. The van der Waals surface area contributed by atoms with Crippen LogP contribution in [0.4, 0.5) is 0 Å². The number of methoxy groups -OCH3 is 1. The molecule has 5 heteroatoms. The van der Waals surface area contributed by atoms with E-state index in [-0.39, 0.29) is 0 Å². The Kier molecular flexibility index (Phi) is 4.87. The van der Waals surface area contributed by atoms with Gasteiger partial charge in [-0.1, -0.05) is 24.4 Å². The highest BCUT2D eigenvalue weighted by molar-refractivity contribution is 7.71. The number of rotatable bonds is 5. The third-order valence-corrected chi connectivity index (χ3v) is 3.61. The summed E-state index contributed by atoms with van der Waals surface area (Å²) in [5.41, 5.74) is 3.92. The summed E-state index contributed by atoms with van der Waals surface area (Å²) in [6.07, 6.45) is 0. The lowest BCUT2D eigenvalue weighted by Crippen LogP contribution is -2.06. The van der Waals surface area contributed by atoms with Gasteiger partial charge in [-0.15, -0.1) is 0 Å². The minimum absolute atomic E-state index is 0.508. The highest BCUT2D eigenvalue weighted by Gasteiger charge is 2.12. The van der Waals surface area contributed by atoms with Crippen LogP contribution in [0.25, 0.3) is 11.3 Å². The Hall–Kier alpha value is -1.72. The van der Waals surface area contributed by atoms with Crippen LogP contribution >= 0.6 is 12.2 Å². The van der Waals surface area contributed by atoms with Crippen molar-refractivity contribution in [2.24, 2.45) is 0 Å². The van der Waals surface area contributed by atoms with Gasteiger partial charge in [-0.2, -0.15) is 5.10 Å². The van der Waals surface area contributed by atoms with Gasteiger partial charge < -0.3 is 9.47 Å². The van der Waals surface area contributed by atoms with E-state index in [2.05, 4.69) is 10.2 Å². The van der Waals surface area contributed by atoms with Gasteiger partial charge in [0.15, 0.2) is 0 Å². The summed E-state index contributed by atoms with van der Waals surface area (Å²) in [4.78, 5) is 0. The predicted molar refractivity (Wildman–Crippen MR) is 81.7 cm³/mol. The van der Waals surface area contributed by atoms with E-state index >= 15 is 0 Å². The highest BCUT2D eigenvalue weighted by atomic mass is 32.1. The molecule has 106 valence electrons. The molecule has 0 atom stereocenters. The van der Waals surface area contributed by atoms with Gasteiger partial charge in [-0.3, -0.25) is 5.10 Å². The van der Waals surface area contributed by atoms with Gasteiger partial charge in [0.2, 0.25) is 0 Å². The highest BCUT2D eigenvalue weighted by Crippen LogP contribution is 2.31. The average molecular weight is 290 g/mol. The van der Waals surface area contributed by atoms with E-state index in [0.29, 0.717) is 17.9 Å². The molecule has 1 heterocycles. The molecule has 20 heavy (non-hydrogen) atoms. The third kappa shape index (κ3) is 3.05. The maximum Gasteiger partial charge on any atom is 0.128 e. The Morgan fingerprint density at radius 3 is 2.65 bits per heavy atom. The molecule has 0 amide bonds. The monoisotopic (exact) mass is 290 g/mol. The van der Waals surface area contributed by atoms with Crippen molar-refractivity contribution in [2.75, 3.05) is 20.3 Å². The first-order valence-electron chi connectivity index (χ1n) is 6.42. The van der Waals surface area contributed by atoms with Crippen LogP contribution in [-0.2, 0) is 4.74 Å². The number of ether oxygens (including phenoxy) is 2. The molecule has 0 saturated heterocycles. The van der Waals surface area contributed by atoms with Crippen LogP contribution in [0.1, 0.15) is 11.1 Å². The molecule has 0 aliphatic rings. The van der Waals surface area contributed by atoms with E-state index in [1.165, 1.54) is 0 Å². The molecule has 0 bridgehead atoms. The van der Waals surface area contributed by atoms with Gasteiger partial charge in [0.1, 0.15) is 17.0 Å². The van der Waals surface area contributed by atoms with Gasteiger partial charge in [0.25, 0.3) is 0 Å². The summed E-state index contributed by atoms with van der Waals surface area (Å²) >= 11 is 5.20. The van der Waals surface area contributed by atoms with E-state index < -0.39 is 0 Å². The Bertz CT molecular complexity index is 653. The number of H-pyrrole nitrogens is 1. The molecule has 1 aromatic carbocycles. The number of nitrogens with one attached hydrogen (secondary N) is 1. The van der Waals surface area contributed by atoms with Crippen LogP contribution in [0.3, 0.4) is 0 Å². The molecule has 0 aliphatic heterocycles. The zero-order chi connectivity index (χ0) is 14.5. The van der Waals surface area contributed by atoms with Crippen molar-refractivity contribution < 1.29 is 9.47 Å². The molecule has 2 rings (SSSR count). The van der Waals surface area contributed by atoms with E-state index in [1.807, 2.05) is 38.1 Å². The van der Waals surface area contributed by atoms with Crippen molar-refractivity contribution in [1.82, 2.24) is 10.2 Å². The standard InChI is InChI=1S/C15H18N2O2S/c1-10-11(2)15(20)17-16-14(10)12-6-4-5-7-13(12)19-9-8-18-3/h4-7H,8-9H2,1-3H3,(H,17,20). The van der Waals surface area contributed by atoms with Gasteiger partial charge in [-0.05, 0) is 37.1 Å². The number of hydrogen-bond acceptors (Lipinski definition) is 4. The fourth-order valence-electron chi connectivity index (χ4n) is 1.91. The van der Waals surface area contributed by atoms with E-state index in [1.54, 1.807) is 7.11 Å². The zero-order valence-electron chi connectivity index (χ0n) is 11.9. The molecule has 0 aliphatic carbocycles. The molecule has 1 N–H and O–H groups in total. The van der Waals surface area contributed by atoms with E-state index in [9.17, 15) is 0 Å². The smallest absolute Gasteiger partial charge is 0.128 e. The summed E-state index contributed by atoms with van der Waals surface area (Å²) in [5, 5.41) is 7.24. The van der Waals surface area contributed by atoms with Crippen molar-refractivity contribution in [3.8, 4) is 17.0 Å². The second-order valence-electron chi connectivity index (χ2n) is 4.49. The second kappa shape index (κ2) is 6.63. The first-order valence-corrected chi connectivity index (χ1v) is 6.83. The Labute approximate surface area is 123 Å². The van der Waals surface area contributed by atoms with Crippen molar-refractivity contribution in [3.05, 3.63) is 40.0 Å². The fourth-order valence-corrected chi connectivity index (χ4v) is 2.11. The summed E-state index contributed by atoms with van der Waals surface area (Å²) in [7, 11) is 1.65. The van der Waals surface area contributed by atoms with Crippen LogP contribution in [0.2, 0.25) is 0 Å². The Morgan fingerprint density at radius 2 is 1.90 bits per heavy atom. The van der Waals surface area contributed by atoms with Crippen molar-refractivity contribution in [3.63, 3.8) is 0 Å². The van der Waals surface area contributed by atoms with Gasteiger partial charge in [0.05, 0.1) is 12.3 Å². The third-order valence-electron chi connectivity index (χ3n) is 3.21. The van der Waals surface area contributed by atoms with E-state index in [0.717, 1.165) is 28.1 Å². The lowest BCUT2D eigenvalue weighted by Gasteiger charge is -2.13. The number of benzene rings is 1. The van der Waals surface area contributed by atoms with Crippen LogP contribution in [0.5, 0.6) is 5.75 Å². The van der Waals surface area contributed by atoms with Crippen molar-refractivity contribution in [1.29, 1.82) is 0 Å². The summed E-state index contributed by atoms with van der Waals surface area (Å²) in [5.74, 6) is 0.796. The summed E-state index contributed by atoms with van der Waals surface area (Å²) in [6, 6.07) is 7.84. The van der Waals surface area contributed by atoms with Gasteiger partial charge >= 0.3 is 0 Å². The normalized spacial score (nSPS) is 10.6. The molecule has 1 aromatic heterocycles. The minimum atomic E-state index is 0.508. The molecule has 0 spiro atoms. The van der Waals surface area contributed by atoms with Gasteiger partial charge in [0, 0.05) is 12.7 Å². The largest absolute Gasteiger partial charge is 0.490 e. The topological polar surface area (TPSA) is 47.1 Å².